The van der Waals surface area contributed by atoms with Crippen LogP contribution in [0.2, 0.25) is 0 Å². The van der Waals surface area contributed by atoms with Gasteiger partial charge in [0.05, 0.1) is 10.9 Å². The highest BCUT2D eigenvalue weighted by molar-refractivity contribution is 7.89. The molecule has 1 aromatic carbocycles. The minimum atomic E-state index is -3.49. The average Bonchev–Trinajstić information content (AvgIpc) is 3.13. The lowest BCUT2D eigenvalue weighted by molar-refractivity contribution is -0.117. The van der Waals surface area contributed by atoms with Gasteiger partial charge in [-0.2, -0.15) is 4.31 Å². The van der Waals surface area contributed by atoms with Crippen LogP contribution in [-0.4, -0.2) is 43.8 Å². The molecule has 2 aliphatic heterocycles. The molecule has 1 saturated carbocycles. The van der Waals surface area contributed by atoms with Gasteiger partial charge in [-0.25, -0.2) is 8.42 Å². The van der Waals surface area contributed by atoms with E-state index in [0.717, 1.165) is 32.1 Å². The van der Waals surface area contributed by atoms with Crippen molar-refractivity contribution in [3.63, 3.8) is 0 Å². The molecule has 6 nitrogen and oxygen atoms in total. The Morgan fingerprint density at radius 3 is 2.57 bits per heavy atom. The van der Waals surface area contributed by atoms with Gasteiger partial charge in [-0.15, -0.1) is 12.4 Å². The van der Waals surface area contributed by atoms with E-state index in [-0.39, 0.29) is 29.3 Å². The Labute approximate surface area is 173 Å². The van der Waals surface area contributed by atoms with Crippen LogP contribution in [0, 0.1) is 5.92 Å². The molecule has 3 unspecified atom stereocenters. The summed E-state index contributed by atoms with van der Waals surface area (Å²) in [6.07, 6.45) is 8.62. The Kier molecular flexibility index (Phi) is 7.02. The molecule has 0 aromatic heterocycles. The number of piperidine rings is 1. The van der Waals surface area contributed by atoms with E-state index >= 15 is 0 Å². The van der Waals surface area contributed by atoms with Crippen LogP contribution < -0.4 is 10.6 Å². The van der Waals surface area contributed by atoms with Gasteiger partial charge in [0.15, 0.2) is 0 Å². The van der Waals surface area contributed by atoms with Crippen LogP contribution in [0.1, 0.15) is 51.4 Å². The highest BCUT2D eigenvalue weighted by Crippen LogP contribution is 2.33. The molecule has 0 radical (unpaired) electrons. The molecule has 4 rings (SSSR count). The topological polar surface area (TPSA) is 78.5 Å². The van der Waals surface area contributed by atoms with Gasteiger partial charge in [-0.3, -0.25) is 4.79 Å². The second-order valence-corrected chi connectivity index (χ2v) is 10.0. The number of amides is 1. The number of fused-ring (bicyclic) bond motifs is 1. The Balaban J connectivity index is 0.00000225. The zero-order valence-electron chi connectivity index (χ0n) is 16.1. The van der Waals surface area contributed by atoms with Crippen LogP contribution in [-0.2, 0) is 14.8 Å². The number of carbonyl (C=O) groups excluding carboxylic acids is 1. The van der Waals surface area contributed by atoms with Crippen LogP contribution >= 0.6 is 12.4 Å². The number of benzene rings is 1. The summed E-state index contributed by atoms with van der Waals surface area (Å²) in [4.78, 5) is 12.9. The lowest BCUT2D eigenvalue weighted by Crippen LogP contribution is -2.40. The van der Waals surface area contributed by atoms with E-state index < -0.39 is 10.0 Å². The quantitative estimate of drug-likeness (QED) is 0.773. The first-order valence-electron chi connectivity index (χ1n) is 10.2. The van der Waals surface area contributed by atoms with Crippen LogP contribution in [0.3, 0.4) is 0 Å². The van der Waals surface area contributed by atoms with Crippen molar-refractivity contribution in [3.8, 4) is 0 Å². The van der Waals surface area contributed by atoms with Crippen molar-refractivity contribution < 1.29 is 13.2 Å². The molecule has 3 aliphatic rings. The van der Waals surface area contributed by atoms with E-state index in [4.69, 9.17) is 0 Å². The number of carbonyl (C=O) groups is 1. The molecule has 1 aromatic rings. The number of rotatable bonds is 4. The van der Waals surface area contributed by atoms with Crippen molar-refractivity contribution in [2.24, 2.45) is 5.92 Å². The molecule has 28 heavy (non-hydrogen) atoms. The Bertz CT molecular complexity index is 782. The number of sulfonamides is 1. The molecule has 1 aliphatic carbocycles. The molecule has 2 N–H and O–H groups in total. The van der Waals surface area contributed by atoms with Gasteiger partial charge >= 0.3 is 0 Å². The van der Waals surface area contributed by atoms with Crippen molar-refractivity contribution in [3.05, 3.63) is 24.3 Å². The van der Waals surface area contributed by atoms with E-state index in [1.807, 2.05) is 0 Å². The molecule has 0 bridgehead atoms. The monoisotopic (exact) mass is 427 g/mol. The molecule has 2 saturated heterocycles. The van der Waals surface area contributed by atoms with E-state index in [2.05, 4.69) is 10.6 Å². The third-order valence-corrected chi connectivity index (χ3v) is 8.13. The molecule has 8 heteroatoms. The van der Waals surface area contributed by atoms with Crippen molar-refractivity contribution in [2.75, 3.05) is 18.4 Å². The minimum Gasteiger partial charge on any atom is -0.325 e. The summed E-state index contributed by atoms with van der Waals surface area (Å²) < 4.78 is 27.3. The van der Waals surface area contributed by atoms with Crippen molar-refractivity contribution in [1.82, 2.24) is 9.62 Å². The molecule has 2 heterocycles. The highest BCUT2D eigenvalue weighted by Gasteiger charge is 2.38. The maximum Gasteiger partial charge on any atom is 0.243 e. The highest BCUT2D eigenvalue weighted by atomic mass is 35.5. The number of halogens is 1. The number of hydrogen-bond donors (Lipinski definition) is 2. The van der Waals surface area contributed by atoms with Crippen LogP contribution in [0.15, 0.2) is 29.2 Å². The van der Waals surface area contributed by atoms with Gasteiger partial charge in [-0.05, 0) is 56.2 Å². The second-order valence-electron chi connectivity index (χ2n) is 8.09. The van der Waals surface area contributed by atoms with Crippen LogP contribution in [0.5, 0.6) is 0 Å². The summed E-state index contributed by atoms with van der Waals surface area (Å²) in [7, 11) is -3.49. The maximum atomic E-state index is 12.9. The van der Waals surface area contributed by atoms with Crippen LogP contribution in [0.25, 0.3) is 0 Å². The smallest absolute Gasteiger partial charge is 0.243 e. The summed E-state index contributed by atoms with van der Waals surface area (Å²) in [6, 6.07) is 6.94. The Morgan fingerprint density at radius 1 is 1.07 bits per heavy atom. The minimum absolute atomic E-state index is 0. The predicted octanol–water partition coefficient (Wildman–Crippen LogP) is 3.14. The summed E-state index contributed by atoms with van der Waals surface area (Å²) in [5.41, 5.74) is 0.551. The molecule has 1 amide bonds. The average molecular weight is 428 g/mol. The maximum absolute atomic E-state index is 12.9. The molecular formula is C20H30ClN3O3S. The van der Waals surface area contributed by atoms with Crippen molar-refractivity contribution in [2.45, 2.75) is 68.3 Å². The fourth-order valence-electron chi connectivity index (χ4n) is 4.74. The van der Waals surface area contributed by atoms with Crippen molar-refractivity contribution in [1.29, 1.82) is 0 Å². The SMILES string of the molecule is Cl.O=C(Nc1cccc(S(=O)(=O)N2CCCCC2)c1)C1CC2CCCCC2N1. The van der Waals surface area contributed by atoms with E-state index in [0.29, 0.717) is 30.7 Å². The summed E-state index contributed by atoms with van der Waals surface area (Å²) in [6.45, 7) is 1.15. The van der Waals surface area contributed by atoms with Gasteiger partial charge < -0.3 is 10.6 Å². The molecular weight excluding hydrogens is 398 g/mol. The molecule has 3 fully saturated rings. The Morgan fingerprint density at radius 2 is 1.82 bits per heavy atom. The van der Waals surface area contributed by atoms with Gasteiger partial charge in [0, 0.05) is 24.8 Å². The number of hydrogen-bond acceptors (Lipinski definition) is 4. The molecule has 3 atom stereocenters. The fourth-order valence-corrected chi connectivity index (χ4v) is 6.30. The summed E-state index contributed by atoms with van der Waals surface area (Å²) in [5, 5.41) is 6.40. The van der Waals surface area contributed by atoms with Crippen molar-refractivity contribution >= 4 is 34.0 Å². The first-order valence-corrected chi connectivity index (χ1v) is 11.7. The number of anilines is 1. The van der Waals surface area contributed by atoms with Gasteiger partial charge in [-0.1, -0.05) is 25.3 Å². The van der Waals surface area contributed by atoms with Gasteiger partial charge in [0.1, 0.15) is 0 Å². The second kappa shape index (κ2) is 9.11. The largest absolute Gasteiger partial charge is 0.325 e. The number of nitrogens with one attached hydrogen (secondary N) is 2. The molecule has 0 spiro atoms. The van der Waals surface area contributed by atoms with E-state index in [1.54, 1.807) is 28.6 Å². The third kappa shape index (κ3) is 4.53. The predicted molar refractivity (Wildman–Crippen MR) is 112 cm³/mol. The normalized spacial score (nSPS) is 28.2. The number of nitrogens with zero attached hydrogens (tertiary/aromatic N) is 1. The van der Waals surface area contributed by atoms with Crippen LogP contribution in [0.4, 0.5) is 5.69 Å². The van der Waals surface area contributed by atoms with Gasteiger partial charge in [0.2, 0.25) is 15.9 Å². The fraction of sp³-hybridized carbons (Fsp3) is 0.650. The van der Waals surface area contributed by atoms with Gasteiger partial charge in [0.25, 0.3) is 0 Å². The zero-order valence-corrected chi connectivity index (χ0v) is 17.7. The zero-order chi connectivity index (χ0) is 18.9. The van der Waals surface area contributed by atoms with E-state index in [1.165, 1.54) is 19.3 Å². The summed E-state index contributed by atoms with van der Waals surface area (Å²) >= 11 is 0. The standard InChI is InChI=1S/C20H29N3O3S.ClH/c24-20(19-13-15-7-2-3-10-18(15)22-19)21-16-8-6-9-17(14-16)27(25,26)23-11-4-1-5-12-23;/h6,8-9,14-15,18-19,22H,1-5,7,10-13H2,(H,21,24);1H. The third-order valence-electron chi connectivity index (χ3n) is 6.23. The van der Waals surface area contributed by atoms with E-state index in [9.17, 15) is 13.2 Å². The first kappa shape index (κ1) is 21.6. The summed E-state index contributed by atoms with van der Waals surface area (Å²) in [5.74, 6) is 0.539. The Hall–Kier alpha value is -1.15. The first-order chi connectivity index (χ1) is 13.0. The lowest BCUT2D eigenvalue weighted by atomic mass is 9.85. The molecule has 156 valence electrons. The lowest BCUT2D eigenvalue weighted by Gasteiger charge is -2.26.